The molecule has 1 aromatic rings. The molecular weight excluding hydrogens is 172 g/mol. The van der Waals surface area contributed by atoms with Crippen LogP contribution in [0.2, 0.25) is 0 Å². The van der Waals surface area contributed by atoms with Crippen molar-refractivity contribution < 1.29 is 0 Å². The van der Waals surface area contributed by atoms with Gasteiger partial charge in [-0.2, -0.15) is 0 Å². The van der Waals surface area contributed by atoms with Crippen LogP contribution in [0.3, 0.4) is 0 Å². The molecule has 14 heavy (non-hydrogen) atoms. The molecule has 2 aliphatic rings. The van der Waals surface area contributed by atoms with E-state index in [1.165, 1.54) is 0 Å². The summed E-state index contributed by atoms with van der Waals surface area (Å²) in [7, 11) is 0. The van der Waals surface area contributed by atoms with E-state index in [4.69, 9.17) is 0 Å². The number of nitrogens with zero attached hydrogens (tertiary/aromatic N) is 2. The van der Waals surface area contributed by atoms with Gasteiger partial charge in [-0.05, 0) is 12.1 Å². The minimum absolute atomic E-state index is 0.204. The number of rotatable bonds is 0. The van der Waals surface area contributed by atoms with Crippen molar-refractivity contribution in [3.8, 4) is 0 Å². The topological polar surface area (TPSA) is 24.7 Å². The number of para-hydroxylation sites is 2. The molecule has 1 aliphatic carbocycles. The summed E-state index contributed by atoms with van der Waals surface area (Å²) >= 11 is 0. The first-order valence-corrected chi connectivity index (χ1v) is 4.79. The molecule has 2 unspecified atom stereocenters. The molecular formula is C12H10N2. The first-order valence-electron chi connectivity index (χ1n) is 4.79. The zero-order valence-corrected chi connectivity index (χ0v) is 7.67. The van der Waals surface area contributed by atoms with Gasteiger partial charge in [-0.1, -0.05) is 36.4 Å². The summed E-state index contributed by atoms with van der Waals surface area (Å²) in [5.41, 5.74) is 0. The van der Waals surface area contributed by atoms with E-state index in [9.17, 15) is 0 Å². The highest BCUT2D eigenvalue weighted by Crippen LogP contribution is 2.12. The van der Waals surface area contributed by atoms with Gasteiger partial charge in [-0.3, -0.25) is 9.98 Å². The summed E-state index contributed by atoms with van der Waals surface area (Å²) in [5.74, 6) is 0. The van der Waals surface area contributed by atoms with Gasteiger partial charge < -0.3 is 0 Å². The van der Waals surface area contributed by atoms with Gasteiger partial charge in [0, 0.05) is 0 Å². The first-order chi connectivity index (χ1) is 6.93. The van der Waals surface area contributed by atoms with Crippen molar-refractivity contribution in [2.45, 2.75) is 12.1 Å². The third-order valence-corrected chi connectivity index (χ3v) is 2.54. The van der Waals surface area contributed by atoms with Gasteiger partial charge in [-0.25, -0.2) is 0 Å². The SMILES string of the molecule is C1=CC2N=c3ccccc3=NC2C=C1. The van der Waals surface area contributed by atoms with Crippen molar-refractivity contribution in [2.75, 3.05) is 0 Å². The maximum atomic E-state index is 4.64. The molecule has 68 valence electrons. The van der Waals surface area contributed by atoms with Crippen molar-refractivity contribution in [1.29, 1.82) is 0 Å². The lowest BCUT2D eigenvalue weighted by Gasteiger charge is -2.19. The molecule has 1 aromatic carbocycles. The Labute approximate surface area is 82.0 Å². The van der Waals surface area contributed by atoms with Crippen molar-refractivity contribution >= 4 is 0 Å². The van der Waals surface area contributed by atoms with E-state index in [1.807, 2.05) is 36.4 Å². The summed E-state index contributed by atoms with van der Waals surface area (Å²) in [6.07, 6.45) is 8.27. The average molecular weight is 182 g/mol. The lowest BCUT2D eigenvalue weighted by atomic mass is 10.0. The molecule has 0 fully saturated rings. The summed E-state index contributed by atoms with van der Waals surface area (Å²) in [5, 5.41) is 2.02. The van der Waals surface area contributed by atoms with Gasteiger partial charge >= 0.3 is 0 Å². The third-order valence-electron chi connectivity index (χ3n) is 2.54. The quantitative estimate of drug-likeness (QED) is 0.567. The monoisotopic (exact) mass is 182 g/mol. The van der Waals surface area contributed by atoms with Crippen molar-refractivity contribution in [3.63, 3.8) is 0 Å². The number of benzene rings is 1. The van der Waals surface area contributed by atoms with Gasteiger partial charge in [0.2, 0.25) is 0 Å². The van der Waals surface area contributed by atoms with Gasteiger partial charge in [0.05, 0.1) is 22.8 Å². The van der Waals surface area contributed by atoms with E-state index >= 15 is 0 Å². The zero-order valence-electron chi connectivity index (χ0n) is 7.67. The van der Waals surface area contributed by atoms with Crippen molar-refractivity contribution in [3.05, 3.63) is 59.3 Å². The van der Waals surface area contributed by atoms with Crippen LogP contribution in [0.25, 0.3) is 0 Å². The van der Waals surface area contributed by atoms with Gasteiger partial charge in [-0.15, -0.1) is 0 Å². The number of hydrogen-bond donors (Lipinski definition) is 0. The molecule has 0 aromatic heterocycles. The van der Waals surface area contributed by atoms with Crippen LogP contribution >= 0.6 is 0 Å². The van der Waals surface area contributed by atoms with Crippen LogP contribution in [0.4, 0.5) is 0 Å². The van der Waals surface area contributed by atoms with E-state index in [-0.39, 0.29) is 12.1 Å². The molecule has 2 atom stereocenters. The summed E-state index contributed by atoms with van der Waals surface area (Å²) in [6.45, 7) is 0. The molecule has 0 saturated carbocycles. The van der Waals surface area contributed by atoms with Crippen LogP contribution < -0.4 is 10.7 Å². The number of hydrogen-bond acceptors (Lipinski definition) is 2. The fourth-order valence-electron chi connectivity index (χ4n) is 1.83. The molecule has 0 saturated heterocycles. The minimum atomic E-state index is 0.204. The Kier molecular flexibility index (Phi) is 1.60. The van der Waals surface area contributed by atoms with E-state index in [0.717, 1.165) is 10.7 Å². The molecule has 0 N–H and O–H groups in total. The lowest BCUT2D eigenvalue weighted by Crippen LogP contribution is -2.37. The van der Waals surface area contributed by atoms with E-state index in [0.29, 0.717) is 0 Å². The van der Waals surface area contributed by atoms with E-state index in [1.54, 1.807) is 0 Å². The van der Waals surface area contributed by atoms with Crippen LogP contribution in [0.1, 0.15) is 0 Å². The van der Waals surface area contributed by atoms with Crippen molar-refractivity contribution in [1.82, 2.24) is 0 Å². The van der Waals surface area contributed by atoms with E-state index < -0.39 is 0 Å². The summed E-state index contributed by atoms with van der Waals surface area (Å²) in [4.78, 5) is 9.27. The molecule has 0 spiro atoms. The normalized spacial score (nSPS) is 27.1. The second kappa shape index (κ2) is 2.91. The van der Waals surface area contributed by atoms with Crippen LogP contribution in [0.5, 0.6) is 0 Å². The lowest BCUT2D eigenvalue weighted by molar-refractivity contribution is 0.646. The minimum Gasteiger partial charge on any atom is -0.273 e. The van der Waals surface area contributed by atoms with Gasteiger partial charge in [0.1, 0.15) is 0 Å². The third kappa shape index (κ3) is 1.11. The van der Waals surface area contributed by atoms with Crippen LogP contribution in [-0.4, -0.2) is 12.1 Å². The summed E-state index contributed by atoms with van der Waals surface area (Å²) < 4.78 is 0. The molecule has 0 bridgehead atoms. The molecule has 0 radical (unpaired) electrons. The Morgan fingerprint density at radius 1 is 0.786 bits per heavy atom. The fourth-order valence-corrected chi connectivity index (χ4v) is 1.83. The van der Waals surface area contributed by atoms with Gasteiger partial charge in [0.25, 0.3) is 0 Å². The van der Waals surface area contributed by atoms with Crippen molar-refractivity contribution in [2.24, 2.45) is 9.98 Å². The molecule has 2 nitrogen and oxygen atoms in total. The molecule has 1 aliphatic heterocycles. The smallest absolute Gasteiger partial charge is 0.0950 e. The summed E-state index contributed by atoms with van der Waals surface area (Å²) in [6, 6.07) is 8.44. The van der Waals surface area contributed by atoms with Gasteiger partial charge in [0.15, 0.2) is 0 Å². The Morgan fingerprint density at radius 3 is 1.79 bits per heavy atom. The highest BCUT2D eigenvalue weighted by Gasteiger charge is 2.18. The number of fused-ring (bicyclic) bond motifs is 2. The van der Waals surface area contributed by atoms with Crippen LogP contribution in [0.15, 0.2) is 58.6 Å². The molecule has 3 rings (SSSR count). The highest BCUT2D eigenvalue weighted by atomic mass is 14.9. The zero-order chi connectivity index (χ0) is 9.38. The largest absolute Gasteiger partial charge is 0.273 e. The second-order valence-electron chi connectivity index (χ2n) is 3.50. The average Bonchev–Trinajstić information content (AvgIpc) is 2.26. The Bertz CT molecular complexity index is 476. The maximum absolute atomic E-state index is 4.64. The maximum Gasteiger partial charge on any atom is 0.0950 e. The molecule has 0 amide bonds. The standard InChI is InChI=1S/C12H10N2/c1-2-6-10-9(5-1)13-11-7-3-4-8-12(11)14-10/h1-10H. The predicted molar refractivity (Wildman–Crippen MR) is 54.6 cm³/mol. The van der Waals surface area contributed by atoms with Crippen LogP contribution in [-0.2, 0) is 0 Å². The number of allylic oxidation sites excluding steroid dienone is 2. The second-order valence-corrected chi connectivity index (χ2v) is 3.50. The molecule has 2 heteroatoms. The Hall–Kier alpha value is -1.70. The highest BCUT2D eigenvalue weighted by molar-refractivity contribution is 5.22. The first kappa shape index (κ1) is 7.68. The molecule has 1 heterocycles. The Morgan fingerprint density at radius 2 is 1.29 bits per heavy atom. The predicted octanol–water partition coefficient (Wildman–Crippen LogP) is 0.803. The Balaban J connectivity index is 2.26. The van der Waals surface area contributed by atoms with E-state index in [2.05, 4.69) is 22.1 Å². The fraction of sp³-hybridized carbons (Fsp3) is 0.167. The van der Waals surface area contributed by atoms with Crippen LogP contribution in [0, 0.1) is 0 Å².